The molecule has 0 aliphatic rings. The second-order valence-corrected chi connectivity index (χ2v) is 4.88. The third-order valence-corrected chi connectivity index (χ3v) is 3.46. The lowest BCUT2D eigenvalue weighted by molar-refractivity contribution is 0.561. The predicted octanol–water partition coefficient (Wildman–Crippen LogP) is 3.99. The zero-order chi connectivity index (χ0) is 13.4. The van der Waals surface area contributed by atoms with Crippen LogP contribution in [0.4, 0.5) is 0 Å². The van der Waals surface area contributed by atoms with Crippen molar-refractivity contribution in [1.82, 2.24) is 9.97 Å². The molecule has 1 aromatic carbocycles. The molecule has 1 atom stereocenters. The number of pyridine rings is 1. The lowest BCUT2D eigenvalue weighted by Crippen LogP contribution is -1.98. The molecule has 0 bridgehead atoms. The Hall–Kier alpha value is -2.16. The summed E-state index contributed by atoms with van der Waals surface area (Å²) >= 11 is 0. The molecule has 0 fully saturated rings. The second-order valence-electron chi connectivity index (χ2n) is 4.88. The summed E-state index contributed by atoms with van der Waals surface area (Å²) in [7, 11) is 0. The monoisotopic (exact) mass is 252 g/mol. The van der Waals surface area contributed by atoms with Gasteiger partial charge < -0.3 is 4.42 Å². The van der Waals surface area contributed by atoms with Crippen LogP contribution in [-0.4, -0.2) is 9.97 Å². The number of benzene rings is 1. The molecule has 0 N–H and O–H groups in total. The molecular formula is C16H16N2O. The number of hydrogen-bond acceptors (Lipinski definition) is 3. The van der Waals surface area contributed by atoms with Crippen LogP contribution in [0, 0.1) is 13.8 Å². The maximum atomic E-state index is 5.59. The van der Waals surface area contributed by atoms with Crippen molar-refractivity contribution in [2.45, 2.75) is 26.7 Å². The lowest BCUT2D eigenvalue weighted by atomic mass is 9.93. The Kier molecular flexibility index (Phi) is 2.82. The van der Waals surface area contributed by atoms with Gasteiger partial charge in [-0.3, -0.25) is 4.98 Å². The van der Waals surface area contributed by atoms with Gasteiger partial charge in [-0.25, -0.2) is 4.98 Å². The van der Waals surface area contributed by atoms with Gasteiger partial charge in [-0.2, -0.15) is 0 Å². The average molecular weight is 252 g/mol. The number of fused-ring (bicyclic) bond motifs is 1. The van der Waals surface area contributed by atoms with Crippen LogP contribution in [0.1, 0.15) is 35.6 Å². The van der Waals surface area contributed by atoms with Crippen LogP contribution in [0.5, 0.6) is 0 Å². The van der Waals surface area contributed by atoms with Gasteiger partial charge in [0.15, 0.2) is 11.5 Å². The van der Waals surface area contributed by atoms with Crippen molar-refractivity contribution in [3.8, 4) is 0 Å². The third-order valence-electron chi connectivity index (χ3n) is 3.46. The quantitative estimate of drug-likeness (QED) is 0.692. The van der Waals surface area contributed by atoms with E-state index in [0.717, 1.165) is 16.8 Å². The Bertz CT molecular complexity index is 713. The maximum Gasteiger partial charge on any atom is 0.192 e. The normalized spacial score (nSPS) is 12.8. The molecule has 96 valence electrons. The molecule has 1 unspecified atom stereocenters. The van der Waals surface area contributed by atoms with Gasteiger partial charge in [0.25, 0.3) is 0 Å². The highest BCUT2D eigenvalue weighted by Gasteiger charge is 2.15. The summed E-state index contributed by atoms with van der Waals surface area (Å²) in [6.45, 7) is 6.04. The molecule has 0 saturated carbocycles. The summed E-state index contributed by atoms with van der Waals surface area (Å²) < 4.78 is 5.59. The van der Waals surface area contributed by atoms with Crippen molar-refractivity contribution in [2.75, 3.05) is 0 Å². The molecule has 3 nitrogen and oxygen atoms in total. The van der Waals surface area contributed by atoms with E-state index in [1.807, 2.05) is 38.2 Å². The number of aryl methyl sites for hydroxylation is 2. The van der Waals surface area contributed by atoms with E-state index < -0.39 is 0 Å². The zero-order valence-corrected chi connectivity index (χ0v) is 11.3. The lowest BCUT2D eigenvalue weighted by Gasteiger charge is -2.12. The first-order chi connectivity index (χ1) is 9.15. The molecule has 3 aromatic rings. The molecule has 2 heterocycles. The minimum atomic E-state index is 0.251. The van der Waals surface area contributed by atoms with Crippen LogP contribution < -0.4 is 0 Å². The number of rotatable bonds is 2. The molecule has 0 radical (unpaired) electrons. The SMILES string of the molecule is Cc1ccc(C(C)c2cccc3oc(C)nc23)cn1. The Labute approximate surface area is 112 Å². The summed E-state index contributed by atoms with van der Waals surface area (Å²) in [5, 5.41) is 0. The summed E-state index contributed by atoms with van der Waals surface area (Å²) in [5.74, 6) is 0.956. The fraction of sp³-hybridized carbons (Fsp3) is 0.250. The van der Waals surface area contributed by atoms with Gasteiger partial charge in [-0.05, 0) is 30.2 Å². The second kappa shape index (κ2) is 4.50. The van der Waals surface area contributed by atoms with Crippen molar-refractivity contribution in [3.05, 3.63) is 59.2 Å². The Balaban J connectivity index is 2.10. The van der Waals surface area contributed by atoms with E-state index >= 15 is 0 Å². The van der Waals surface area contributed by atoms with E-state index in [0.29, 0.717) is 5.89 Å². The Morgan fingerprint density at radius 2 is 1.95 bits per heavy atom. The molecule has 0 spiro atoms. The molecule has 0 amide bonds. The minimum absolute atomic E-state index is 0.251. The van der Waals surface area contributed by atoms with Crippen LogP contribution >= 0.6 is 0 Å². The van der Waals surface area contributed by atoms with E-state index in [1.54, 1.807) is 0 Å². The number of aromatic nitrogens is 2. The van der Waals surface area contributed by atoms with Crippen LogP contribution in [0.2, 0.25) is 0 Å². The van der Waals surface area contributed by atoms with E-state index in [4.69, 9.17) is 4.42 Å². The highest BCUT2D eigenvalue weighted by molar-refractivity contribution is 5.77. The smallest absolute Gasteiger partial charge is 0.192 e. The van der Waals surface area contributed by atoms with Gasteiger partial charge in [-0.1, -0.05) is 25.1 Å². The summed E-state index contributed by atoms with van der Waals surface area (Å²) in [6, 6.07) is 10.2. The van der Waals surface area contributed by atoms with E-state index in [2.05, 4.69) is 29.0 Å². The number of hydrogen-bond donors (Lipinski definition) is 0. The fourth-order valence-electron chi connectivity index (χ4n) is 2.35. The van der Waals surface area contributed by atoms with Crippen LogP contribution in [0.3, 0.4) is 0 Å². The summed E-state index contributed by atoms with van der Waals surface area (Å²) in [5.41, 5.74) is 5.21. The van der Waals surface area contributed by atoms with Crippen molar-refractivity contribution in [3.63, 3.8) is 0 Å². The maximum absolute atomic E-state index is 5.59. The van der Waals surface area contributed by atoms with Crippen LogP contribution in [0.15, 0.2) is 40.9 Å². The minimum Gasteiger partial charge on any atom is -0.441 e. The summed E-state index contributed by atoms with van der Waals surface area (Å²) in [4.78, 5) is 8.86. The van der Waals surface area contributed by atoms with Gasteiger partial charge >= 0.3 is 0 Å². The highest BCUT2D eigenvalue weighted by atomic mass is 16.3. The molecule has 2 aromatic heterocycles. The number of nitrogens with zero attached hydrogens (tertiary/aromatic N) is 2. The first-order valence-electron chi connectivity index (χ1n) is 6.44. The topological polar surface area (TPSA) is 38.9 Å². The molecule has 0 saturated heterocycles. The standard InChI is InChI=1S/C16H16N2O/c1-10-7-8-13(9-17-10)11(2)14-5-4-6-15-16(14)18-12(3)19-15/h4-9,11H,1-3H3. The van der Waals surface area contributed by atoms with Crippen molar-refractivity contribution in [2.24, 2.45) is 0 Å². The highest BCUT2D eigenvalue weighted by Crippen LogP contribution is 2.30. The number of oxazole rings is 1. The van der Waals surface area contributed by atoms with Gasteiger partial charge in [0, 0.05) is 24.7 Å². The van der Waals surface area contributed by atoms with Crippen molar-refractivity contribution < 1.29 is 4.42 Å². The molecule has 3 heteroatoms. The summed E-state index contributed by atoms with van der Waals surface area (Å²) in [6.07, 6.45) is 1.94. The van der Waals surface area contributed by atoms with Crippen molar-refractivity contribution >= 4 is 11.1 Å². The van der Waals surface area contributed by atoms with Gasteiger partial charge in [-0.15, -0.1) is 0 Å². The molecule has 19 heavy (non-hydrogen) atoms. The van der Waals surface area contributed by atoms with Gasteiger partial charge in [0.1, 0.15) is 5.52 Å². The van der Waals surface area contributed by atoms with Crippen LogP contribution in [0.25, 0.3) is 11.1 Å². The molecule has 0 aliphatic heterocycles. The van der Waals surface area contributed by atoms with Crippen LogP contribution in [-0.2, 0) is 0 Å². The predicted molar refractivity (Wildman–Crippen MR) is 75.2 cm³/mol. The van der Waals surface area contributed by atoms with Gasteiger partial charge in [0.2, 0.25) is 0 Å². The van der Waals surface area contributed by atoms with E-state index in [1.165, 1.54) is 11.1 Å². The van der Waals surface area contributed by atoms with Crippen molar-refractivity contribution in [1.29, 1.82) is 0 Å². The molecule has 0 aliphatic carbocycles. The first kappa shape index (κ1) is 11.9. The zero-order valence-electron chi connectivity index (χ0n) is 11.3. The Morgan fingerprint density at radius 3 is 2.68 bits per heavy atom. The van der Waals surface area contributed by atoms with E-state index in [9.17, 15) is 0 Å². The first-order valence-corrected chi connectivity index (χ1v) is 6.44. The number of para-hydroxylation sites is 1. The average Bonchev–Trinajstić information content (AvgIpc) is 2.78. The third kappa shape index (κ3) is 2.12. The fourth-order valence-corrected chi connectivity index (χ4v) is 2.35. The largest absolute Gasteiger partial charge is 0.441 e. The Morgan fingerprint density at radius 1 is 1.11 bits per heavy atom. The molecule has 3 rings (SSSR count). The van der Waals surface area contributed by atoms with Gasteiger partial charge in [0.05, 0.1) is 0 Å². The molecular weight excluding hydrogens is 236 g/mol. The van der Waals surface area contributed by atoms with E-state index in [-0.39, 0.29) is 5.92 Å².